The second-order valence-corrected chi connectivity index (χ2v) is 3.78. The fourth-order valence-corrected chi connectivity index (χ4v) is 1.87. The topological polar surface area (TPSA) is 12.0 Å². The van der Waals surface area contributed by atoms with Crippen LogP contribution in [0.15, 0.2) is 24.3 Å². The van der Waals surface area contributed by atoms with Crippen LogP contribution in [-0.2, 0) is 0 Å². The lowest BCUT2D eigenvalue weighted by Gasteiger charge is -2.18. The zero-order chi connectivity index (χ0) is 11.1. The molecule has 0 aliphatic heterocycles. The van der Waals surface area contributed by atoms with Gasteiger partial charge in [-0.25, -0.2) is 0 Å². The van der Waals surface area contributed by atoms with Gasteiger partial charge in [0.1, 0.15) is 0 Å². The molecule has 15 heavy (non-hydrogen) atoms. The molecule has 0 spiro atoms. The third kappa shape index (κ3) is 3.58. The van der Waals surface area contributed by atoms with E-state index < -0.39 is 0 Å². The van der Waals surface area contributed by atoms with Crippen molar-refractivity contribution in [1.29, 1.82) is 0 Å². The molecule has 1 atom stereocenters. The van der Waals surface area contributed by atoms with E-state index in [-0.39, 0.29) is 6.04 Å². The minimum Gasteiger partial charge on any atom is -0.310 e. The highest BCUT2D eigenvalue weighted by molar-refractivity contribution is 6.31. The third-order valence-electron chi connectivity index (χ3n) is 2.31. The molecule has 0 aromatic heterocycles. The predicted molar refractivity (Wildman–Crippen MR) is 65.9 cm³/mol. The van der Waals surface area contributed by atoms with Crippen molar-refractivity contribution >= 4 is 11.6 Å². The molecular weight excluding hydrogens is 206 g/mol. The molecular formula is C13H16ClN. The maximum Gasteiger partial charge on any atom is 0.0453 e. The predicted octanol–water partition coefficient (Wildman–Crippen LogP) is 3.40. The van der Waals surface area contributed by atoms with Crippen LogP contribution in [0.2, 0.25) is 5.02 Å². The molecule has 80 valence electrons. The van der Waals surface area contributed by atoms with Crippen LogP contribution < -0.4 is 5.32 Å². The highest BCUT2D eigenvalue weighted by Gasteiger charge is 2.11. The molecule has 1 nitrogen and oxygen atoms in total. The lowest BCUT2D eigenvalue weighted by molar-refractivity contribution is 0.523. The van der Waals surface area contributed by atoms with E-state index in [4.69, 9.17) is 18.0 Å². The fourth-order valence-electron chi connectivity index (χ4n) is 1.60. The monoisotopic (exact) mass is 221 g/mol. The van der Waals surface area contributed by atoms with E-state index in [0.29, 0.717) is 0 Å². The summed E-state index contributed by atoms with van der Waals surface area (Å²) in [5.74, 6) is 2.66. The summed E-state index contributed by atoms with van der Waals surface area (Å²) in [7, 11) is 0. The molecule has 1 unspecified atom stereocenters. The van der Waals surface area contributed by atoms with Crippen molar-refractivity contribution in [2.75, 3.05) is 6.54 Å². The maximum absolute atomic E-state index is 6.14. The van der Waals surface area contributed by atoms with Crippen LogP contribution >= 0.6 is 11.6 Å². The maximum atomic E-state index is 6.14. The van der Waals surface area contributed by atoms with Crippen LogP contribution in [0.4, 0.5) is 0 Å². The molecule has 1 N–H and O–H groups in total. The van der Waals surface area contributed by atoms with Gasteiger partial charge in [0.2, 0.25) is 0 Å². The van der Waals surface area contributed by atoms with Gasteiger partial charge in [-0.3, -0.25) is 0 Å². The molecule has 2 heteroatoms. The molecule has 1 rings (SSSR count). The van der Waals surface area contributed by atoms with Crippen molar-refractivity contribution in [3.8, 4) is 12.3 Å². The number of terminal acetylenes is 1. The Kier molecular flexibility index (Phi) is 5.25. The lowest BCUT2D eigenvalue weighted by Crippen LogP contribution is -2.21. The molecule has 0 radical (unpaired) electrons. The Labute approximate surface area is 96.8 Å². The lowest BCUT2D eigenvalue weighted by atomic mass is 10.0. The van der Waals surface area contributed by atoms with Crippen molar-refractivity contribution < 1.29 is 0 Å². The summed E-state index contributed by atoms with van der Waals surface area (Å²) in [6.45, 7) is 3.00. The summed E-state index contributed by atoms with van der Waals surface area (Å²) in [6.07, 6.45) is 6.97. The van der Waals surface area contributed by atoms with E-state index in [9.17, 15) is 0 Å². The second kappa shape index (κ2) is 6.50. The van der Waals surface area contributed by atoms with Gasteiger partial charge in [0.05, 0.1) is 0 Å². The summed E-state index contributed by atoms with van der Waals surface area (Å²) >= 11 is 6.14. The average Bonchev–Trinajstić information content (AvgIpc) is 2.25. The van der Waals surface area contributed by atoms with E-state index in [0.717, 1.165) is 30.0 Å². The first-order valence-electron chi connectivity index (χ1n) is 5.20. The van der Waals surface area contributed by atoms with Gasteiger partial charge in [0.15, 0.2) is 0 Å². The van der Waals surface area contributed by atoms with E-state index in [1.807, 2.05) is 24.3 Å². The molecule has 1 aromatic rings. The zero-order valence-electron chi connectivity index (χ0n) is 8.96. The standard InChI is InChI=1S/C13H16ClN/c1-3-5-10-13(15-4-2)11-8-6-7-9-12(11)14/h1,6-9,13,15H,4-5,10H2,2H3. The van der Waals surface area contributed by atoms with Crippen molar-refractivity contribution in [3.05, 3.63) is 34.9 Å². The Morgan fingerprint density at radius 3 is 2.80 bits per heavy atom. The van der Waals surface area contributed by atoms with E-state index in [1.54, 1.807) is 0 Å². The van der Waals surface area contributed by atoms with Gasteiger partial charge in [-0.1, -0.05) is 36.7 Å². The zero-order valence-corrected chi connectivity index (χ0v) is 9.72. The number of hydrogen-bond acceptors (Lipinski definition) is 1. The Morgan fingerprint density at radius 1 is 1.47 bits per heavy atom. The quantitative estimate of drug-likeness (QED) is 0.752. The number of rotatable bonds is 5. The van der Waals surface area contributed by atoms with Gasteiger partial charge in [-0.15, -0.1) is 12.3 Å². The molecule has 0 aliphatic carbocycles. The Bertz CT molecular complexity index is 341. The van der Waals surface area contributed by atoms with Crippen molar-refractivity contribution in [1.82, 2.24) is 5.32 Å². The first kappa shape index (κ1) is 12.1. The van der Waals surface area contributed by atoms with Crippen LogP contribution in [0, 0.1) is 12.3 Å². The third-order valence-corrected chi connectivity index (χ3v) is 2.65. The molecule has 1 aromatic carbocycles. The highest BCUT2D eigenvalue weighted by atomic mass is 35.5. The SMILES string of the molecule is C#CCCC(NCC)c1ccccc1Cl. The van der Waals surface area contributed by atoms with E-state index in [1.165, 1.54) is 0 Å². The molecule has 0 amide bonds. The summed E-state index contributed by atoms with van der Waals surface area (Å²) in [4.78, 5) is 0. The normalized spacial score (nSPS) is 12.1. The average molecular weight is 222 g/mol. The van der Waals surface area contributed by atoms with Gasteiger partial charge in [-0.2, -0.15) is 0 Å². The summed E-state index contributed by atoms with van der Waals surface area (Å²) < 4.78 is 0. The van der Waals surface area contributed by atoms with Gasteiger partial charge in [-0.05, 0) is 24.6 Å². The highest BCUT2D eigenvalue weighted by Crippen LogP contribution is 2.25. The van der Waals surface area contributed by atoms with E-state index in [2.05, 4.69) is 18.2 Å². The van der Waals surface area contributed by atoms with Gasteiger partial charge >= 0.3 is 0 Å². The van der Waals surface area contributed by atoms with Crippen LogP contribution in [0.1, 0.15) is 31.4 Å². The molecule has 0 saturated heterocycles. The number of benzene rings is 1. The van der Waals surface area contributed by atoms with Crippen LogP contribution in [0.3, 0.4) is 0 Å². The van der Waals surface area contributed by atoms with Gasteiger partial charge in [0, 0.05) is 17.5 Å². The smallest absolute Gasteiger partial charge is 0.0453 e. The van der Waals surface area contributed by atoms with E-state index >= 15 is 0 Å². The Morgan fingerprint density at radius 2 is 2.20 bits per heavy atom. The van der Waals surface area contributed by atoms with Crippen molar-refractivity contribution in [3.63, 3.8) is 0 Å². The summed E-state index contributed by atoms with van der Waals surface area (Å²) in [5.41, 5.74) is 1.14. The minimum atomic E-state index is 0.264. The van der Waals surface area contributed by atoms with Gasteiger partial charge in [0.25, 0.3) is 0 Å². The van der Waals surface area contributed by atoms with Crippen molar-refractivity contribution in [2.24, 2.45) is 0 Å². The van der Waals surface area contributed by atoms with Crippen LogP contribution in [-0.4, -0.2) is 6.54 Å². The fraction of sp³-hybridized carbons (Fsp3) is 0.385. The van der Waals surface area contributed by atoms with Crippen molar-refractivity contribution in [2.45, 2.75) is 25.8 Å². The van der Waals surface area contributed by atoms with Crippen LogP contribution in [0.25, 0.3) is 0 Å². The van der Waals surface area contributed by atoms with Gasteiger partial charge < -0.3 is 5.32 Å². The van der Waals surface area contributed by atoms with Crippen LogP contribution in [0.5, 0.6) is 0 Å². The molecule has 0 saturated carbocycles. The Hall–Kier alpha value is -0.970. The number of hydrogen-bond donors (Lipinski definition) is 1. The largest absolute Gasteiger partial charge is 0.310 e. The summed E-state index contributed by atoms with van der Waals surface area (Å²) in [5, 5.41) is 4.20. The molecule has 0 fully saturated rings. The second-order valence-electron chi connectivity index (χ2n) is 3.37. The molecule has 0 heterocycles. The first-order valence-corrected chi connectivity index (χ1v) is 5.58. The minimum absolute atomic E-state index is 0.264. The number of halogens is 1. The summed E-state index contributed by atoms with van der Waals surface area (Å²) in [6, 6.07) is 8.17. The number of nitrogens with one attached hydrogen (secondary N) is 1. The first-order chi connectivity index (χ1) is 7.29. The Balaban J connectivity index is 2.79. The molecule has 0 bridgehead atoms. The molecule has 0 aliphatic rings.